The van der Waals surface area contributed by atoms with E-state index in [0.29, 0.717) is 0 Å². The lowest BCUT2D eigenvalue weighted by Gasteiger charge is -2.15. The molecule has 0 heterocycles. The summed E-state index contributed by atoms with van der Waals surface area (Å²) in [6, 6.07) is -1.47. The van der Waals surface area contributed by atoms with Crippen LogP contribution >= 0.6 is 0 Å². The Bertz CT molecular complexity index is 208. The smallest absolute Gasteiger partial charge is 0.328 e. The first kappa shape index (κ1) is 12.9. The monoisotopic (exact) mass is 204 g/mol. The zero-order chi connectivity index (χ0) is 11.1. The molecular weight excluding hydrogens is 188 g/mol. The molecular formula is C8H16N2O4. The first-order valence-electron chi connectivity index (χ1n) is 4.15. The lowest BCUT2D eigenvalue weighted by Crippen LogP contribution is -2.49. The van der Waals surface area contributed by atoms with E-state index in [9.17, 15) is 9.59 Å². The summed E-state index contributed by atoms with van der Waals surface area (Å²) >= 11 is 0. The highest BCUT2D eigenvalue weighted by Crippen LogP contribution is 1.88. The second kappa shape index (κ2) is 6.33. The molecule has 0 rings (SSSR count). The molecule has 3 N–H and O–H groups in total. The van der Waals surface area contributed by atoms with E-state index >= 15 is 0 Å². The molecule has 0 fully saturated rings. The summed E-state index contributed by atoms with van der Waals surface area (Å²) in [5.41, 5.74) is 5.43. The van der Waals surface area contributed by atoms with Gasteiger partial charge in [0.25, 0.3) is 0 Å². The number of hydrogen-bond acceptors (Lipinski definition) is 5. The first-order valence-corrected chi connectivity index (χ1v) is 4.15. The molecule has 0 saturated carbocycles. The Hall–Kier alpha value is -1.14. The molecule has 0 aliphatic rings. The van der Waals surface area contributed by atoms with Crippen molar-refractivity contribution in [3.05, 3.63) is 0 Å². The van der Waals surface area contributed by atoms with E-state index < -0.39 is 24.0 Å². The molecule has 1 unspecified atom stereocenters. The molecule has 6 nitrogen and oxygen atoms in total. The van der Waals surface area contributed by atoms with Crippen LogP contribution in [0.25, 0.3) is 0 Å². The predicted octanol–water partition coefficient (Wildman–Crippen LogP) is -1.36. The third kappa shape index (κ3) is 4.20. The van der Waals surface area contributed by atoms with Crippen molar-refractivity contribution in [2.24, 2.45) is 5.73 Å². The fourth-order valence-corrected chi connectivity index (χ4v) is 0.811. The number of amides is 1. The van der Waals surface area contributed by atoms with Gasteiger partial charge in [0.2, 0.25) is 5.91 Å². The molecule has 1 amide bonds. The van der Waals surface area contributed by atoms with Gasteiger partial charge in [0, 0.05) is 7.11 Å². The number of carbonyl (C=O) groups excluding carboxylic acids is 2. The van der Waals surface area contributed by atoms with Gasteiger partial charge in [-0.25, -0.2) is 4.79 Å². The molecule has 0 spiro atoms. The third-order valence-corrected chi connectivity index (χ3v) is 1.60. The average molecular weight is 204 g/mol. The number of rotatable bonds is 5. The molecule has 0 saturated heterocycles. The van der Waals surface area contributed by atoms with Crippen LogP contribution in [0.3, 0.4) is 0 Å². The summed E-state index contributed by atoms with van der Waals surface area (Å²) < 4.78 is 9.12. The van der Waals surface area contributed by atoms with Crippen molar-refractivity contribution < 1.29 is 19.1 Å². The Labute approximate surface area is 82.7 Å². The minimum atomic E-state index is -0.771. The van der Waals surface area contributed by atoms with E-state index in [0.717, 1.165) is 0 Å². The Morgan fingerprint density at radius 2 is 2.00 bits per heavy atom. The fourth-order valence-electron chi connectivity index (χ4n) is 0.811. The molecule has 0 radical (unpaired) electrons. The van der Waals surface area contributed by atoms with E-state index in [1.54, 1.807) is 0 Å². The van der Waals surface area contributed by atoms with Crippen LogP contribution in [0.5, 0.6) is 0 Å². The van der Waals surface area contributed by atoms with Crippen LogP contribution in [-0.4, -0.2) is 44.8 Å². The highest BCUT2D eigenvalue weighted by Gasteiger charge is 2.19. The topological polar surface area (TPSA) is 90.6 Å². The number of carbonyl (C=O) groups is 2. The van der Waals surface area contributed by atoms with E-state index in [1.807, 2.05) is 0 Å². The average Bonchev–Trinajstić information content (AvgIpc) is 2.16. The van der Waals surface area contributed by atoms with Gasteiger partial charge in [-0.05, 0) is 6.92 Å². The maximum atomic E-state index is 11.2. The summed E-state index contributed by atoms with van der Waals surface area (Å²) in [5, 5.41) is 2.40. The standard InChI is InChI=1S/C8H16N2O4/c1-5(8(12)14-3)10-7(11)6(9)4-13-2/h5-6H,4,9H2,1-3H3,(H,10,11)/t5-,6?/m0/s1. The van der Waals surface area contributed by atoms with Gasteiger partial charge in [0.15, 0.2) is 0 Å². The van der Waals surface area contributed by atoms with Crippen LogP contribution in [0.4, 0.5) is 0 Å². The summed E-state index contributed by atoms with van der Waals surface area (Å²) in [6.07, 6.45) is 0. The van der Waals surface area contributed by atoms with Crippen LogP contribution in [0.15, 0.2) is 0 Å². The van der Waals surface area contributed by atoms with E-state index in [2.05, 4.69) is 10.1 Å². The second-order valence-corrected chi connectivity index (χ2v) is 2.82. The molecule has 2 atom stereocenters. The molecule has 0 aromatic rings. The minimum absolute atomic E-state index is 0.111. The van der Waals surface area contributed by atoms with Crippen molar-refractivity contribution in [1.29, 1.82) is 0 Å². The SMILES string of the molecule is COCC(N)C(=O)N[C@@H](C)C(=O)OC. The van der Waals surface area contributed by atoms with Gasteiger partial charge in [0.1, 0.15) is 12.1 Å². The van der Waals surface area contributed by atoms with Crippen molar-refractivity contribution in [2.75, 3.05) is 20.8 Å². The Morgan fingerprint density at radius 1 is 1.43 bits per heavy atom. The predicted molar refractivity (Wildman–Crippen MR) is 49.5 cm³/mol. The Morgan fingerprint density at radius 3 is 2.43 bits per heavy atom. The van der Waals surface area contributed by atoms with Crippen LogP contribution in [-0.2, 0) is 19.1 Å². The van der Waals surface area contributed by atoms with Crippen molar-refractivity contribution in [3.63, 3.8) is 0 Å². The quantitative estimate of drug-likeness (QED) is 0.540. The molecule has 82 valence electrons. The third-order valence-electron chi connectivity index (χ3n) is 1.60. The van der Waals surface area contributed by atoms with Gasteiger partial charge in [0.05, 0.1) is 13.7 Å². The summed E-state index contributed by atoms with van der Waals surface area (Å²) in [5.74, 6) is -0.951. The fraction of sp³-hybridized carbons (Fsp3) is 0.750. The number of esters is 1. The summed E-state index contributed by atoms with van der Waals surface area (Å²) in [6.45, 7) is 1.63. The van der Waals surface area contributed by atoms with Crippen molar-refractivity contribution in [2.45, 2.75) is 19.0 Å². The molecule has 0 aliphatic heterocycles. The number of hydrogen-bond donors (Lipinski definition) is 2. The lowest BCUT2D eigenvalue weighted by atomic mass is 10.2. The van der Waals surface area contributed by atoms with Gasteiger partial charge in [-0.2, -0.15) is 0 Å². The number of ether oxygens (including phenoxy) is 2. The molecule has 0 aromatic carbocycles. The van der Waals surface area contributed by atoms with E-state index in [1.165, 1.54) is 21.1 Å². The highest BCUT2D eigenvalue weighted by atomic mass is 16.5. The molecule has 14 heavy (non-hydrogen) atoms. The van der Waals surface area contributed by atoms with Crippen molar-refractivity contribution >= 4 is 11.9 Å². The minimum Gasteiger partial charge on any atom is -0.467 e. The van der Waals surface area contributed by atoms with Crippen LogP contribution in [0.2, 0.25) is 0 Å². The normalized spacial score (nSPS) is 14.3. The van der Waals surface area contributed by atoms with Gasteiger partial charge >= 0.3 is 5.97 Å². The molecule has 0 aliphatic carbocycles. The van der Waals surface area contributed by atoms with Crippen molar-refractivity contribution in [1.82, 2.24) is 5.32 Å². The highest BCUT2D eigenvalue weighted by molar-refractivity contribution is 5.87. The van der Waals surface area contributed by atoms with Crippen LogP contribution in [0.1, 0.15) is 6.92 Å². The zero-order valence-electron chi connectivity index (χ0n) is 8.57. The Kier molecular flexibility index (Phi) is 5.82. The molecule has 0 bridgehead atoms. The maximum Gasteiger partial charge on any atom is 0.328 e. The maximum absolute atomic E-state index is 11.2. The number of methoxy groups -OCH3 is 2. The largest absolute Gasteiger partial charge is 0.467 e. The van der Waals surface area contributed by atoms with Crippen LogP contribution < -0.4 is 11.1 Å². The van der Waals surface area contributed by atoms with Crippen molar-refractivity contribution in [3.8, 4) is 0 Å². The molecule has 6 heteroatoms. The van der Waals surface area contributed by atoms with Crippen LogP contribution in [0, 0.1) is 0 Å². The Balaban J connectivity index is 3.98. The van der Waals surface area contributed by atoms with Gasteiger partial charge in [-0.1, -0.05) is 0 Å². The first-order chi connectivity index (χ1) is 6.52. The lowest BCUT2D eigenvalue weighted by molar-refractivity contribution is -0.144. The van der Waals surface area contributed by atoms with Gasteiger partial charge in [-0.3, -0.25) is 4.79 Å². The summed E-state index contributed by atoms with van der Waals surface area (Å²) in [7, 11) is 2.69. The molecule has 0 aromatic heterocycles. The summed E-state index contributed by atoms with van der Waals surface area (Å²) in [4.78, 5) is 22.2. The van der Waals surface area contributed by atoms with Gasteiger partial charge in [-0.15, -0.1) is 0 Å². The van der Waals surface area contributed by atoms with Gasteiger partial charge < -0.3 is 20.5 Å². The second-order valence-electron chi connectivity index (χ2n) is 2.82. The zero-order valence-corrected chi connectivity index (χ0v) is 8.57. The number of nitrogens with two attached hydrogens (primary N) is 1. The van der Waals surface area contributed by atoms with E-state index in [4.69, 9.17) is 10.5 Å². The number of nitrogens with one attached hydrogen (secondary N) is 1. The van der Waals surface area contributed by atoms with E-state index in [-0.39, 0.29) is 6.61 Å².